The van der Waals surface area contributed by atoms with Crippen LogP contribution in [-0.4, -0.2) is 41.0 Å². The van der Waals surface area contributed by atoms with Crippen molar-refractivity contribution in [2.24, 2.45) is 0 Å². The van der Waals surface area contributed by atoms with E-state index in [1.807, 2.05) is 0 Å². The zero-order valence-electron chi connectivity index (χ0n) is 5.21. The average molecular weight is 153 g/mol. The average Bonchev–Trinajstić information content (AvgIpc) is 2.55. The summed E-state index contributed by atoms with van der Waals surface area (Å²) < 4.78 is 0. The Labute approximate surface area is 59.8 Å². The van der Waals surface area contributed by atoms with E-state index in [0.29, 0.717) is 10.5 Å². The monoisotopic (exact) mass is 153 g/mol. The molecule has 0 unspecified atom stereocenters. The zero-order chi connectivity index (χ0) is 7.68. The van der Waals surface area contributed by atoms with Gasteiger partial charge in [-0.05, 0) is 10.4 Å². The van der Waals surface area contributed by atoms with Crippen LogP contribution in [-0.2, 0) is 0 Å². The van der Waals surface area contributed by atoms with E-state index in [9.17, 15) is 0 Å². The maximum Gasteiger partial charge on any atom is 0.244 e. The lowest BCUT2D eigenvalue weighted by atomic mass is 10.5. The summed E-state index contributed by atoms with van der Waals surface area (Å²) >= 11 is 0. The van der Waals surface area contributed by atoms with E-state index in [1.165, 1.54) is 6.20 Å². The number of tetrazole rings is 1. The maximum atomic E-state index is 8.92. The largest absolute Gasteiger partial charge is 0.409 e. The van der Waals surface area contributed by atoms with E-state index in [-0.39, 0.29) is 5.82 Å². The molecule has 0 aliphatic heterocycles. The number of hydrogen-bond acceptors (Lipinski definition) is 6. The topological polar surface area (TPSA) is 105 Å². The minimum Gasteiger partial charge on any atom is -0.409 e. The molecule has 0 aliphatic rings. The van der Waals surface area contributed by atoms with Gasteiger partial charge in [0.15, 0.2) is 5.69 Å². The Balaban J connectivity index is 2.53. The van der Waals surface area contributed by atoms with Crippen LogP contribution in [0.15, 0.2) is 6.20 Å². The molecule has 0 saturated heterocycles. The Morgan fingerprint density at radius 1 is 1.45 bits per heavy atom. The summed E-state index contributed by atoms with van der Waals surface area (Å²) in [7, 11) is 0. The van der Waals surface area contributed by atoms with Crippen LogP contribution < -0.4 is 0 Å². The molecule has 0 saturated carbocycles. The lowest BCUT2D eigenvalue weighted by Crippen LogP contribution is -1.96. The van der Waals surface area contributed by atoms with Crippen LogP contribution in [0.3, 0.4) is 0 Å². The van der Waals surface area contributed by atoms with Crippen molar-refractivity contribution in [2.75, 3.05) is 0 Å². The van der Waals surface area contributed by atoms with Crippen molar-refractivity contribution in [2.45, 2.75) is 0 Å². The highest BCUT2D eigenvalue weighted by Gasteiger charge is 2.09. The van der Waals surface area contributed by atoms with Gasteiger partial charge in [0.25, 0.3) is 0 Å². The van der Waals surface area contributed by atoms with E-state index in [2.05, 4.69) is 30.9 Å². The van der Waals surface area contributed by atoms with Gasteiger partial charge in [0.1, 0.15) is 0 Å². The van der Waals surface area contributed by atoms with Gasteiger partial charge in [0.05, 0.1) is 6.20 Å². The van der Waals surface area contributed by atoms with E-state index in [0.717, 1.165) is 0 Å². The highest BCUT2D eigenvalue weighted by molar-refractivity contribution is 5.44. The first-order chi connectivity index (χ1) is 5.38. The quantitative estimate of drug-likeness (QED) is 0.493. The third-order valence-corrected chi connectivity index (χ3v) is 1.10. The SMILES string of the molecule is On1nnnc1-c1c[nH]nn1. The van der Waals surface area contributed by atoms with Crippen molar-refractivity contribution >= 4 is 0 Å². The second-order valence-corrected chi connectivity index (χ2v) is 1.75. The van der Waals surface area contributed by atoms with Crippen LogP contribution in [0.5, 0.6) is 0 Å². The predicted octanol–water partition coefficient (Wildman–Crippen LogP) is -1.30. The number of nitrogens with one attached hydrogen (secondary N) is 1. The Morgan fingerprint density at radius 2 is 2.36 bits per heavy atom. The third kappa shape index (κ3) is 0.801. The first-order valence-electron chi connectivity index (χ1n) is 2.72. The first kappa shape index (κ1) is 5.77. The van der Waals surface area contributed by atoms with Crippen LogP contribution >= 0.6 is 0 Å². The van der Waals surface area contributed by atoms with Gasteiger partial charge < -0.3 is 5.21 Å². The molecule has 8 heteroatoms. The molecule has 11 heavy (non-hydrogen) atoms. The summed E-state index contributed by atoms with van der Waals surface area (Å²) in [6.45, 7) is 0. The van der Waals surface area contributed by atoms with E-state index >= 15 is 0 Å². The van der Waals surface area contributed by atoms with Crippen LogP contribution in [0, 0.1) is 0 Å². The number of rotatable bonds is 1. The van der Waals surface area contributed by atoms with Gasteiger partial charge in [0, 0.05) is 0 Å². The lowest BCUT2D eigenvalue weighted by molar-refractivity contribution is 0.147. The highest BCUT2D eigenvalue weighted by Crippen LogP contribution is 2.06. The summed E-state index contributed by atoms with van der Waals surface area (Å²) in [6, 6.07) is 0. The fourth-order valence-electron chi connectivity index (χ4n) is 0.647. The molecule has 8 nitrogen and oxygen atoms in total. The maximum absolute atomic E-state index is 8.92. The second kappa shape index (κ2) is 2.01. The van der Waals surface area contributed by atoms with Gasteiger partial charge in [-0.3, -0.25) is 5.10 Å². The molecule has 2 N–H and O–H groups in total. The van der Waals surface area contributed by atoms with Crippen LogP contribution in [0.2, 0.25) is 0 Å². The van der Waals surface area contributed by atoms with Crippen molar-refractivity contribution in [1.82, 2.24) is 35.8 Å². The molecular formula is C3H3N7O. The van der Waals surface area contributed by atoms with Crippen molar-refractivity contribution in [3.63, 3.8) is 0 Å². The second-order valence-electron chi connectivity index (χ2n) is 1.75. The molecule has 2 rings (SSSR count). The summed E-state index contributed by atoms with van der Waals surface area (Å²) in [4.78, 5) is 0.526. The predicted molar refractivity (Wildman–Crippen MR) is 30.4 cm³/mol. The summed E-state index contributed by atoms with van der Waals surface area (Å²) in [5.74, 6) is 0.152. The number of aromatic amines is 1. The summed E-state index contributed by atoms with van der Waals surface area (Å²) in [5, 5.41) is 28.3. The van der Waals surface area contributed by atoms with Gasteiger partial charge in [-0.15, -0.1) is 10.2 Å². The zero-order valence-corrected chi connectivity index (χ0v) is 5.21. The molecule has 2 aromatic rings. The lowest BCUT2D eigenvalue weighted by Gasteiger charge is -1.86. The number of H-pyrrole nitrogens is 1. The third-order valence-electron chi connectivity index (χ3n) is 1.10. The van der Waals surface area contributed by atoms with Crippen molar-refractivity contribution in [1.29, 1.82) is 0 Å². The molecule has 0 spiro atoms. The minimum atomic E-state index is 0.152. The molecule has 0 aliphatic carbocycles. The van der Waals surface area contributed by atoms with Crippen molar-refractivity contribution in [3.8, 4) is 11.5 Å². The fraction of sp³-hybridized carbons (Fsp3) is 0. The Bertz CT molecular complexity index is 336. The number of aromatic nitrogens is 7. The molecule has 0 bridgehead atoms. The minimum absolute atomic E-state index is 0.152. The Kier molecular flexibility index (Phi) is 1.05. The Morgan fingerprint density at radius 3 is 2.91 bits per heavy atom. The van der Waals surface area contributed by atoms with Gasteiger partial charge in [-0.25, -0.2) is 0 Å². The van der Waals surface area contributed by atoms with Gasteiger partial charge in [-0.1, -0.05) is 10.1 Å². The molecule has 2 aromatic heterocycles. The molecule has 0 atom stereocenters. The molecule has 0 fully saturated rings. The van der Waals surface area contributed by atoms with Crippen LogP contribution in [0.1, 0.15) is 0 Å². The molecular weight excluding hydrogens is 150 g/mol. The van der Waals surface area contributed by atoms with E-state index in [1.54, 1.807) is 0 Å². The summed E-state index contributed by atoms with van der Waals surface area (Å²) in [5.41, 5.74) is 0.387. The van der Waals surface area contributed by atoms with Crippen LogP contribution in [0.25, 0.3) is 11.5 Å². The van der Waals surface area contributed by atoms with Crippen molar-refractivity contribution in [3.05, 3.63) is 6.20 Å². The van der Waals surface area contributed by atoms with E-state index in [4.69, 9.17) is 5.21 Å². The fourth-order valence-corrected chi connectivity index (χ4v) is 0.647. The molecule has 0 radical (unpaired) electrons. The van der Waals surface area contributed by atoms with Crippen molar-refractivity contribution < 1.29 is 5.21 Å². The molecule has 0 aromatic carbocycles. The van der Waals surface area contributed by atoms with Crippen LogP contribution in [0.4, 0.5) is 0 Å². The Hall–Kier alpha value is -1.99. The highest BCUT2D eigenvalue weighted by atomic mass is 16.5. The van der Waals surface area contributed by atoms with Gasteiger partial charge in [-0.2, -0.15) is 0 Å². The standard InChI is InChI=1S/C3H3N7O/c11-10-3(6-8-9-10)2-1-4-7-5-2/h1,11H,(H,4,5,7). The molecule has 56 valence electrons. The molecule has 2 heterocycles. The smallest absolute Gasteiger partial charge is 0.244 e. The molecule has 0 amide bonds. The van der Waals surface area contributed by atoms with Gasteiger partial charge >= 0.3 is 0 Å². The first-order valence-corrected chi connectivity index (χ1v) is 2.72. The number of hydrogen-bond donors (Lipinski definition) is 2. The number of nitrogens with zero attached hydrogens (tertiary/aromatic N) is 6. The van der Waals surface area contributed by atoms with E-state index < -0.39 is 0 Å². The normalized spacial score (nSPS) is 10.2. The summed E-state index contributed by atoms with van der Waals surface area (Å²) in [6.07, 6.45) is 1.47. The van der Waals surface area contributed by atoms with Gasteiger partial charge in [0.2, 0.25) is 5.82 Å².